The monoisotopic (exact) mass is 311 g/mol. The number of hydrogen-bond donors (Lipinski definition) is 1. The molecule has 0 aromatic heterocycles. The van der Waals surface area contributed by atoms with Gasteiger partial charge in [-0.3, -0.25) is 5.32 Å². The standard InChI is InChI=1S/C23H21N/c1-19-12-15-22(16-13-19)23(17-14-20-8-4-2-5-9-20)24-18-21-10-6-3-7-11-21/h2-13,15-16,23-24H,18H2,1H3/t23-/m0/s1. The lowest BCUT2D eigenvalue weighted by Crippen LogP contribution is -2.19. The molecule has 0 aliphatic rings. The highest BCUT2D eigenvalue weighted by Crippen LogP contribution is 2.14. The molecular weight excluding hydrogens is 290 g/mol. The second-order valence-corrected chi connectivity index (χ2v) is 5.85. The molecule has 0 saturated carbocycles. The molecule has 3 aromatic rings. The van der Waals surface area contributed by atoms with Gasteiger partial charge in [-0.2, -0.15) is 0 Å². The van der Waals surface area contributed by atoms with Gasteiger partial charge in [0.1, 0.15) is 0 Å². The summed E-state index contributed by atoms with van der Waals surface area (Å²) in [5.41, 5.74) is 4.75. The maximum absolute atomic E-state index is 3.57. The molecule has 3 aromatic carbocycles. The van der Waals surface area contributed by atoms with E-state index in [-0.39, 0.29) is 6.04 Å². The zero-order valence-corrected chi connectivity index (χ0v) is 13.9. The van der Waals surface area contributed by atoms with E-state index in [9.17, 15) is 0 Å². The minimum Gasteiger partial charge on any atom is -0.296 e. The van der Waals surface area contributed by atoms with Crippen molar-refractivity contribution in [2.75, 3.05) is 0 Å². The zero-order chi connectivity index (χ0) is 16.6. The highest BCUT2D eigenvalue weighted by molar-refractivity contribution is 5.38. The summed E-state index contributed by atoms with van der Waals surface area (Å²) in [7, 11) is 0. The normalized spacial score (nSPS) is 11.4. The van der Waals surface area contributed by atoms with Crippen LogP contribution in [0.1, 0.15) is 28.3 Å². The maximum atomic E-state index is 3.57. The second kappa shape index (κ2) is 8.15. The Bertz CT molecular complexity index is 809. The molecule has 0 aliphatic carbocycles. The van der Waals surface area contributed by atoms with Gasteiger partial charge in [0.2, 0.25) is 0 Å². The number of benzene rings is 3. The van der Waals surface area contributed by atoms with E-state index >= 15 is 0 Å². The fourth-order valence-corrected chi connectivity index (χ4v) is 2.50. The smallest absolute Gasteiger partial charge is 0.0952 e. The van der Waals surface area contributed by atoms with Gasteiger partial charge < -0.3 is 0 Å². The van der Waals surface area contributed by atoms with Crippen LogP contribution in [0.3, 0.4) is 0 Å². The summed E-state index contributed by atoms with van der Waals surface area (Å²) in [5, 5.41) is 3.57. The van der Waals surface area contributed by atoms with Crippen LogP contribution in [-0.4, -0.2) is 0 Å². The van der Waals surface area contributed by atoms with Crippen LogP contribution >= 0.6 is 0 Å². The molecular formula is C23H21N. The molecule has 3 rings (SSSR count). The lowest BCUT2D eigenvalue weighted by molar-refractivity contribution is 0.636. The third-order valence-corrected chi connectivity index (χ3v) is 3.90. The Kier molecular flexibility index (Phi) is 5.45. The zero-order valence-electron chi connectivity index (χ0n) is 13.9. The van der Waals surface area contributed by atoms with E-state index in [1.807, 2.05) is 36.4 Å². The molecule has 1 nitrogen and oxygen atoms in total. The van der Waals surface area contributed by atoms with Crippen molar-refractivity contribution in [3.8, 4) is 11.8 Å². The first-order valence-electron chi connectivity index (χ1n) is 8.22. The largest absolute Gasteiger partial charge is 0.296 e. The van der Waals surface area contributed by atoms with Crippen molar-refractivity contribution < 1.29 is 0 Å². The first-order valence-corrected chi connectivity index (χ1v) is 8.22. The SMILES string of the molecule is Cc1ccc([C@H](C#Cc2ccccc2)NCc2ccccc2)cc1. The van der Waals surface area contributed by atoms with Crippen LogP contribution in [0.4, 0.5) is 0 Å². The van der Waals surface area contributed by atoms with Crippen molar-refractivity contribution in [1.82, 2.24) is 5.32 Å². The van der Waals surface area contributed by atoms with Crippen molar-refractivity contribution in [3.05, 3.63) is 107 Å². The summed E-state index contributed by atoms with van der Waals surface area (Å²) in [6, 6.07) is 29.1. The molecule has 1 N–H and O–H groups in total. The van der Waals surface area contributed by atoms with E-state index in [1.54, 1.807) is 0 Å². The third kappa shape index (κ3) is 4.59. The Morgan fingerprint density at radius 3 is 2.08 bits per heavy atom. The molecule has 1 heteroatoms. The summed E-state index contributed by atoms with van der Waals surface area (Å²) in [4.78, 5) is 0. The quantitative estimate of drug-likeness (QED) is 0.677. The first-order chi connectivity index (χ1) is 11.8. The summed E-state index contributed by atoms with van der Waals surface area (Å²) >= 11 is 0. The fraction of sp³-hybridized carbons (Fsp3) is 0.130. The molecule has 0 saturated heterocycles. The maximum Gasteiger partial charge on any atom is 0.0952 e. The summed E-state index contributed by atoms with van der Waals surface area (Å²) < 4.78 is 0. The van der Waals surface area contributed by atoms with Crippen molar-refractivity contribution >= 4 is 0 Å². The van der Waals surface area contributed by atoms with Crippen LogP contribution in [0.15, 0.2) is 84.9 Å². The van der Waals surface area contributed by atoms with Gasteiger partial charge in [-0.1, -0.05) is 90.2 Å². The summed E-state index contributed by atoms with van der Waals surface area (Å²) in [5.74, 6) is 6.66. The summed E-state index contributed by atoms with van der Waals surface area (Å²) in [6.07, 6.45) is 0. The van der Waals surface area contributed by atoms with Crippen LogP contribution < -0.4 is 5.32 Å². The van der Waals surface area contributed by atoms with Crippen molar-refractivity contribution in [1.29, 1.82) is 0 Å². The molecule has 0 bridgehead atoms. The molecule has 0 heterocycles. The average Bonchev–Trinajstić information content (AvgIpc) is 2.64. The molecule has 1 atom stereocenters. The highest BCUT2D eigenvalue weighted by Gasteiger charge is 2.07. The average molecular weight is 311 g/mol. The second-order valence-electron chi connectivity index (χ2n) is 5.85. The Labute approximate surface area is 144 Å². The number of nitrogens with one attached hydrogen (secondary N) is 1. The number of hydrogen-bond acceptors (Lipinski definition) is 1. The Hall–Kier alpha value is -2.82. The minimum absolute atomic E-state index is 0.00557. The lowest BCUT2D eigenvalue weighted by atomic mass is 10.0. The Balaban J connectivity index is 1.81. The van der Waals surface area contributed by atoms with E-state index in [1.165, 1.54) is 16.7 Å². The van der Waals surface area contributed by atoms with Gasteiger partial charge in [0.05, 0.1) is 6.04 Å². The van der Waals surface area contributed by atoms with Gasteiger partial charge in [-0.15, -0.1) is 0 Å². The van der Waals surface area contributed by atoms with Crippen LogP contribution in [-0.2, 0) is 6.54 Å². The van der Waals surface area contributed by atoms with E-state index < -0.39 is 0 Å². The van der Waals surface area contributed by atoms with Gasteiger partial charge >= 0.3 is 0 Å². The molecule has 0 fully saturated rings. The summed E-state index contributed by atoms with van der Waals surface area (Å²) in [6.45, 7) is 2.90. The number of aryl methyl sites for hydroxylation is 1. The molecule has 0 unspecified atom stereocenters. The van der Waals surface area contributed by atoms with Crippen LogP contribution in [0.25, 0.3) is 0 Å². The van der Waals surface area contributed by atoms with Crippen molar-refractivity contribution in [2.24, 2.45) is 0 Å². The molecule has 0 amide bonds. The van der Waals surface area contributed by atoms with E-state index in [0.717, 1.165) is 12.1 Å². The van der Waals surface area contributed by atoms with Gasteiger partial charge in [-0.05, 0) is 30.2 Å². The van der Waals surface area contributed by atoms with Crippen molar-refractivity contribution in [2.45, 2.75) is 19.5 Å². The van der Waals surface area contributed by atoms with Gasteiger partial charge in [-0.25, -0.2) is 0 Å². The predicted octanol–water partition coefficient (Wildman–Crippen LogP) is 4.88. The molecule has 24 heavy (non-hydrogen) atoms. The first kappa shape index (κ1) is 16.1. The molecule has 0 radical (unpaired) electrons. The predicted molar refractivity (Wildman–Crippen MR) is 101 cm³/mol. The fourth-order valence-electron chi connectivity index (χ4n) is 2.50. The van der Waals surface area contributed by atoms with Crippen LogP contribution in [0, 0.1) is 18.8 Å². The van der Waals surface area contributed by atoms with E-state index in [0.29, 0.717) is 0 Å². The van der Waals surface area contributed by atoms with Gasteiger partial charge in [0.25, 0.3) is 0 Å². The van der Waals surface area contributed by atoms with E-state index in [2.05, 4.69) is 72.6 Å². The molecule has 0 aliphatic heterocycles. The topological polar surface area (TPSA) is 12.0 Å². The van der Waals surface area contributed by atoms with E-state index in [4.69, 9.17) is 0 Å². The highest BCUT2D eigenvalue weighted by atomic mass is 14.9. The van der Waals surface area contributed by atoms with Crippen LogP contribution in [0.2, 0.25) is 0 Å². The minimum atomic E-state index is 0.00557. The third-order valence-electron chi connectivity index (χ3n) is 3.90. The number of rotatable bonds is 4. The lowest BCUT2D eigenvalue weighted by Gasteiger charge is -2.14. The van der Waals surface area contributed by atoms with Crippen LogP contribution in [0.5, 0.6) is 0 Å². The molecule has 0 spiro atoms. The van der Waals surface area contributed by atoms with Gasteiger partial charge in [0.15, 0.2) is 0 Å². The Morgan fingerprint density at radius 2 is 1.42 bits per heavy atom. The molecule has 118 valence electrons. The van der Waals surface area contributed by atoms with Crippen molar-refractivity contribution in [3.63, 3.8) is 0 Å². The Morgan fingerprint density at radius 1 is 0.792 bits per heavy atom. The van der Waals surface area contributed by atoms with Gasteiger partial charge in [0, 0.05) is 12.1 Å².